The van der Waals surface area contributed by atoms with Gasteiger partial charge in [-0.3, -0.25) is 9.69 Å². The number of hydrogen-bond acceptors (Lipinski definition) is 3. The van der Waals surface area contributed by atoms with Crippen LogP contribution in [0.15, 0.2) is 0 Å². The molecule has 0 spiro atoms. The molecule has 2 atom stereocenters. The number of hydrogen-bond donors (Lipinski definition) is 2. The van der Waals surface area contributed by atoms with E-state index in [4.69, 9.17) is 5.73 Å². The summed E-state index contributed by atoms with van der Waals surface area (Å²) in [4.78, 5) is 14.7. The molecule has 3 aliphatic carbocycles. The van der Waals surface area contributed by atoms with Crippen LogP contribution in [-0.2, 0) is 4.79 Å². The molecule has 3 N–H and O–H groups in total. The van der Waals surface area contributed by atoms with Gasteiger partial charge in [0.05, 0.1) is 5.54 Å². The Labute approximate surface area is 122 Å². The van der Waals surface area contributed by atoms with Crippen molar-refractivity contribution in [2.45, 2.75) is 82.5 Å². The molecule has 0 aliphatic heterocycles. The summed E-state index contributed by atoms with van der Waals surface area (Å²) in [5, 5.41) is 3.56. The highest BCUT2D eigenvalue weighted by molar-refractivity contribution is 5.85. The van der Waals surface area contributed by atoms with Crippen molar-refractivity contribution >= 4 is 5.91 Å². The van der Waals surface area contributed by atoms with Crippen molar-refractivity contribution in [2.75, 3.05) is 6.54 Å². The molecule has 2 unspecified atom stereocenters. The molecule has 3 saturated carbocycles. The minimum atomic E-state index is -0.421. The van der Waals surface area contributed by atoms with Crippen molar-refractivity contribution in [3.63, 3.8) is 0 Å². The van der Waals surface area contributed by atoms with Crippen LogP contribution in [0.5, 0.6) is 0 Å². The monoisotopic (exact) mass is 279 g/mol. The van der Waals surface area contributed by atoms with Crippen LogP contribution >= 0.6 is 0 Å². The van der Waals surface area contributed by atoms with Crippen LogP contribution in [0.3, 0.4) is 0 Å². The van der Waals surface area contributed by atoms with Crippen molar-refractivity contribution in [1.29, 1.82) is 0 Å². The number of primary amides is 1. The fraction of sp³-hybridized carbons (Fsp3) is 0.938. The SMILES string of the molecule is CC(C)CN(C1CC1)C1CCC(NC2CC2)(C(N)=O)C1. The van der Waals surface area contributed by atoms with Crippen LogP contribution in [-0.4, -0.2) is 41.0 Å². The van der Waals surface area contributed by atoms with Gasteiger partial charge in [-0.25, -0.2) is 0 Å². The number of carbonyl (C=O) groups excluding carboxylic acids is 1. The molecule has 20 heavy (non-hydrogen) atoms. The predicted octanol–water partition coefficient (Wildman–Crippen LogP) is 1.64. The first-order valence-corrected chi connectivity index (χ1v) is 8.33. The maximum Gasteiger partial charge on any atom is 0.237 e. The number of nitrogens with zero attached hydrogens (tertiary/aromatic N) is 1. The molecule has 4 heteroatoms. The summed E-state index contributed by atoms with van der Waals surface area (Å²) in [7, 11) is 0. The number of nitrogens with two attached hydrogens (primary N) is 1. The van der Waals surface area contributed by atoms with Gasteiger partial charge in [0.2, 0.25) is 5.91 Å². The highest BCUT2D eigenvalue weighted by Crippen LogP contribution is 2.40. The Hall–Kier alpha value is -0.610. The maximum absolute atomic E-state index is 12.0. The van der Waals surface area contributed by atoms with Gasteiger partial charge in [-0.2, -0.15) is 0 Å². The van der Waals surface area contributed by atoms with Crippen molar-refractivity contribution < 1.29 is 4.79 Å². The first kappa shape index (κ1) is 14.3. The molecule has 3 rings (SSSR count). The van der Waals surface area contributed by atoms with Crippen LogP contribution in [0.25, 0.3) is 0 Å². The van der Waals surface area contributed by atoms with Gasteiger partial charge < -0.3 is 11.1 Å². The zero-order chi connectivity index (χ0) is 14.3. The van der Waals surface area contributed by atoms with Crippen LogP contribution in [0.1, 0.15) is 58.8 Å². The van der Waals surface area contributed by atoms with E-state index in [-0.39, 0.29) is 5.91 Å². The molecule has 1 amide bonds. The van der Waals surface area contributed by atoms with Crippen molar-refractivity contribution in [2.24, 2.45) is 11.7 Å². The minimum absolute atomic E-state index is 0.132. The fourth-order valence-corrected chi connectivity index (χ4v) is 3.77. The molecule has 0 heterocycles. The Kier molecular flexibility index (Phi) is 3.80. The maximum atomic E-state index is 12.0. The zero-order valence-corrected chi connectivity index (χ0v) is 12.9. The van der Waals surface area contributed by atoms with Crippen LogP contribution < -0.4 is 11.1 Å². The standard InChI is InChI=1S/C16H29N3O/c1-11(2)10-19(13-5-6-13)14-7-8-16(9-14,15(17)20)18-12-3-4-12/h11-14,18H,3-10H2,1-2H3,(H2,17,20). The summed E-state index contributed by atoms with van der Waals surface area (Å²) >= 11 is 0. The minimum Gasteiger partial charge on any atom is -0.368 e. The fourth-order valence-electron chi connectivity index (χ4n) is 3.77. The summed E-state index contributed by atoms with van der Waals surface area (Å²) in [6.07, 6.45) is 8.04. The van der Waals surface area contributed by atoms with E-state index in [1.54, 1.807) is 0 Å². The molecule has 0 aromatic rings. The summed E-state index contributed by atoms with van der Waals surface area (Å²) in [6.45, 7) is 5.73. The molecule has 0 bridgehead atoms. The quantitative estimate of drug-likeness (QED) is 0.745. The van der Waals surface area contributed by atoms with E-state index in [0.717, 1.165) is 31.8 Å². The molecule has 3 aliphatic rings. The van der Waals surface area contributed by atoms with Gasteiger partial charge in [0.25, 0.3) is 0 Å². The second kappa shape index (κ2) is 5.30. The molecule has 0 radical (unpaired) electrons. The highest BCUT2D eigenvalue weighted by atomic mass is 16.1. The molecule has 0 saturated heterocycles. The van der Waals surface area contributed by atoms with Crippen LogP contribution in [0.2, 0.25) is 0 Å². The molecule has 114 valence electrons. The summed E-state index contributed by atoms with van der Waals surface area (Å²) < 4.78 is 0. The lowest BCUT2D eigenvalue weighted by Crippen LogP contribution is -2.55. The molecular weight excluding hydrogens is 250 g/mol. The first-order valence-electron chi connectivity index (χ1n) is 8.33. The van der Waals surface area contributed by atoms with Gasteiger partial charge in [0, 0.05) is 24.7 Å². The molecule has 0 aromatic carbocycles. The number of carbonyl (C=O) groups is 1. The smallest absolute Gasteiger partial charge is 0.237 e. The van der Waals surface area contributed by atoms with Crippen LogP contribution in [0.4, 0.5) is 0 Å². The molecule has 3 fully saturated rings. The van der Waals surface area contributed by atoms with E-state index in [2.05, 4.69) is 24.1 Å². The van der Waals surface area contributed by atoms with Gasteiger partial charge in [0.15, 0.2) is 0 Å². The van der Waals surface area contributed by atoms with E-state index in [0.29, 0.717) is 18.0 Å². The number of nitrogens with one attached hydrogen (secondary N) is 1. The Morgan fingerprint density at radius 3 is 2.45 bits per heavy atom. The molecule has 0 aromatic heterocycles. The summed E-state index contributed by atoms with van der Waals surface area (Å²) in [5.41, 5.74) is 5.32. The van der Waals surface area contributed by atoms with E-state index >= 15 is 0 Å². The van der Waals surface area contributed by atoms with Gasteiger partial charge >= 0.3 is 0 Å². The van der Waals surface area contributed by atoms with Crippen molar-refractivity contribution in [1.82, 2.24) is 10.2 Å². The average Bonchev–Trinajstić information content (AvgIpc) is 3.26. The second-order valence-corrected chi connectivity index (χ2v) is 7.58. The van der Waals surface area contributed by atoms with Gasteiger partial charge in [-0.15, -0.1) is 0 Å². The van der Waals surface area contributed by atoms with E-state index in [9.17, 15) is 4.79 Å². The lowest BCUT2D eigenvalue weighted by molar-refractivity contribution is -0.124. The lowest BCUT2D eigenvalue weighted by Gasteiger charge is -2.33. The molecule has 4 nitrogen and oxygen atoms in total. The van der Waals surface area contributed by atoms with Crippen molar-refractivity contribution in [3.05, 3.63) is 0 Å². The van der Waals surface area contributed by atoms with Crippen LogP contribution in [0, 0.1) is 5.92 Å². The topological polar surface area (TPSA) is 58.4 Å². The third-order valence-electron chi connectivity index (χ3n) is 5.08. The summed E-state index contributed by atoms with van der Waals surface area (Å²) in [5.74, 6) is 0.558. The molecular formula is C16H29N3O. The largest absolute Gasteiger partial charge is 0.368 e. The predicted molar refractivity (Wildman–Crippen MR) is 80.3 cm³/mol. The lowest BCUT2D eigenvalue weighted by atomic mass is 9.95. The van der Waals surface area contributed by atoms with E-state index < -0.39 is 5.54 Å². The van der Waals surface area contributed by atoms with E-state index in [1.807, 2.05) is 0 Å². The Bertz CT molecular complexity index is 376. The Morgan fingerprint density at radius 2 is 1.95 bits per heavy atom. The third kappa shape index (κ3) is 3.01. The van der Waals surface area contributed by atoms with Gasteiger partial charge in [0.1, 0.15) is 0 Å². The summed E-state index contributed by atoms with van der Waals surface area (Å²) in [6, 6.07) is 1.86. The Balaban J connectivity index is 1.67. The highest BCUT2D eigenvalue weighted by Gasteiger charge is 2.49. The zero-order valence-electron chi connectivity index (χ0n) is 12.9. The normalized spacial score (nSPS) is 34.1. The van der Waals surface area contributed by atoms with Gasteiger partial charge in [-0.1, -0.05) is 13.8 Å². The number of amides is 1. The second-order valence-electron chi connectivity index (χ2n) is 7.58. The van der Waals surface area contributed by atoms with Gasteiger partial charge in [-0.05, 0) is 50.9 Å². The first-order chi connectivity index (χ1) is 9.50. The number of rotatable bonds is 7. The average molecular weight is 279 g/mol. The van der Waals surface area contributed by atoms with E-state index in [1.165, 1.54) is 25.7 Å². The third-order valence-corrected chi connectivity index (χ3v) is 5.08. The Morgan fingerprint density at radius 1 is 1.25 bits per heavy atom. The van der Waals surface area contributed by atoms with Crippen molar-refractivity contribution in [3.8, 4) is 0 Å².